The van der Waals surface area contributed by atoms with E-state index in [1.165, 1.54) is 12.1 Å². The minimum Gasteiger partial charge on any atom is -0.352 e. The first-order valence-electron chi connectivity index (χ1n) is 8.41. The molecular weight excluding hydrogens is 306 g/mol. The van der Waals surface area contributed by atoms with Crippen LogP contribution in [-0.4, -0.2) is 28.0 Å². The van der Waals surface area contributed by atoms with Crippen molar-refractivity contribution in [2.45, 2.75) is 70.5 Å². The number of benzene rings is 1. The molecule has 1 aromatic rings. The maximum atomic E-state index is 12.6. The summed E-state index contributed by atoms with van der Waals surface area (Å²) in [4.78, 5) is 22.9. The molecule has 132 valence electrons. The Morgan fingerprint density at radius 1 is 1.21 bits per heavy atom. The van der Waals surface area contributed by atoms with Crippen molar-refractivity contribution in [3.8, 4) is 0 Å². The van der Waals surface area contributed by atoms with E-state index in [2.05, 4.69) is 38.3 Å². The summed E-state index contributed by atoms with van der Waals surface area (Å²) in [5, 5.41) is 16.3. The molecular formula is C18H28N3O3+. The second-order valence-corrected chi connectivity index (χ2v) is 8.31. The van der Waals surface area contributed by atoms with Crippen LogP contribution >= 0.6 is 0 Å². The van der Waals surface area contributed by atoms with Crippen molar-refractivity contribution in [1.82, 2.24) is 5.32 Å². The van der Waals surface area contributed by atoms with Gasteiger partial charge in [0.15, 0.2) is 0 Å². The highest BCUT2D eigenvalue weighted by Crippen LogP contribution is 2.24. The van der Waals surface area contributed by atoms with E-state index >= 15 is 0 Å². The summed E-state index contributed by atoms with van der Waals surface area (Å²) in [5.74, 6) is -0.356. The third-order valence-electron chi connectivity index (χ3n) is 4.67. The molecule has 6 heteroatoms. The number of nitrogens with zero attached hydrogens (tertiary/aromatic N) is 1. The van der Waals surface area contributed by atoms with Crippen molar-refractivity contribution in [3.63, 3.8) is 0 Å². The Hall–Kier alpha value is -1.95. The highest BCUT2D eigenvalue weighted by atomic mass is 16.6. The lowest BCUT2D eigenvalue weighted by atomic mass is 9.79. The normalized spacial score (nSPS) is 21.0. The number of nitrogens with two attached hydrogens (primary N) is 1. The molecule has 3 N–H and O–H groups in total. The molecule has 0 spiro atoms. The molecule has 0 radical (unpaired) electrons. The molecule has 1 aliphatic heterocycles. The number of carbonyl (C=O) groups excluding carboxylic acids is 1. The standard InChI is InChI=1S/C18H27N3O3/c1-12(13-6-8-15(9-7-13)21(23)24)16(22)19-14-10-17(2,3)20-18(4,5)11-14/h6-9,12,14,20H,10-11H2,1-5H3,(H,19,22)/p+1/t12-/m1/s1. The molecule has 0 bridgehead atoms. The van der Waals surface area contributed by atoms with Gasteiger partial charge < -0.3 is 10.6 Å². The van der Waals surface area contributed by atoms with Crippen LogP contribution in [0.2, 0.25) is 0 Å². The van der Waals surface area contributed by atoms with E-state index < -0.39 is 4.92 Å². The molecule has 6 nitrogen and oxygen atoms in total. The smallest absolute Gasteiger partial charge is 0.269 e. The fourth-order valence-corrected chi connectivity index (χ4v) is 3.98. The number of piperidine rings is 1. The molecule has 2 rings (SSSR count). The van der Waals surface area contributed by atoms with Crippen LogP contribution in [0, 0.1) is 10.1 Å². The van der Waals surface area contributed by atoms with Crippen molar-refractivity contribution in [3.05, 3.63) is 39.9 Å². The van der Waals surface area contributed by atoms with E-state index in [0.717, 1.165) is 18.4 Å². The first-order valence-corrected chi connectivity index (χ1v) is 8.41. The Kier molecular flexibility index (Phi) is 4.99. The van der Waals surface area contributed by atoms with Crippen molar-refractivity contribution in [2.24, 2.45) is 0 Å². The first-order chi connectivity index (χ1) is 11.0. The molecule has 1 fully saturated rings. The topological polar surface area (TPSA) is 88.8 Å². The highest BCUT2D eigenvalue weighted by molar-refractivity contribution is 5.83. The molecule has 1 amide bonds. The van der Waals surface area contributed by atoms with Gasteiger partial charge in [0.2, 0.25) is 5.91 Å². The van der Waals surface area contributed by atoms with Crippen LogP contribution in [0.1, 0.15) is 58.9 Å². The van der Waals surface area contributed by atoms with Crippen LogP contribution in [0.4, 0.5) is 5.69 Å². The van der Waals surface area contributed by atoms with E-state index in [4.69, 9.17) is 0 Å². The molecule has 1 atom stereocenters. The third-order valence-corrected chi connectivity index (χ3v) is 4.67. The summed E-state index contributed by atoms with van der Waals surface area (Å²) >= 11 is 0. The fraction of sp³-hybridized carbons (Fsp3) is 0.611. The largest absolute Gasteiger partial charge is 0.352 e. The number of nitrogens with one attached hydrogen (secondary N) is 1. The summed E-state index contributed by atoms with van der Waals surface area (Å²) in [5.41, 5.74) is 1.02. The number of rotatable bonds is 4. The van der Waals surface area contributed by atoms with Gasteiger partial charge in [-0.15, -0.1) is 0 Å². The molecule has 24 heavy (non-hydrogen) atoms. The van der Waals surface area contributed by atoms with Crippen molar-refractivity contribution < 1.29 is 15.0 Å². The molecule has 0 saturated carbocycles. The van der Waals surface area contributed by atoms with Gasteiger partial charge in [-0.2, -0.15) is 0 Å². The Bertz CT molecular complexity index is 607. The van der Waals surface area contributed by atoms with Crippen molar-refractivity contribution >= 4 is 11.6 Å². The van der Waals surface area contributed by atoms with Crippen LogP contribution in [0.5, 0.6) is 0 Å². The lowest BCUT2D eigenvalue weighted by Crippen LogP contribution is -3.06. The highest BCUT2D eigenvalue weighted by Gasteiger charge is 2.42. The average molecular weight is 334 g/mol. The van der Waals surface area contributed by atoms with Gasteiger partial charge in [0.1, 0.15) is 0 Å². The number of nitro groups is 1. The second-order valence-electron chi connectivity index (χ2n) is 8.31. The van der Waals surface area contributed by atoms with Gasteiger partial charge in [0.25, 0.3) is 5.69 Å². The van der Waals surface area contributed by atoms with Crippen LogP contribution in [0.15, 0.2) is 24.3 Å². The minimum absolute atomic E-state index is 0.0256. The second kappa shape index (κ2) is 6.51. The SMILES string of the molecule is C[C@@H](C(=O)NC1CC(C)(C)[NH2+]C(C)(C)C1)c1ccc([N+](=O)[O-])cc1. The van der Waals surface area contributed by atoms with Gasteiger partial charge in [-0.3, -0.25) is 14.9 Å². The summed E-state index contributed by atoms with van der Waals surface area (Å²) in [6, 6.07) is 6.35. The molecule has 1 saturated heterocycles. The number of amides is 1. The number of quaternary nitrogens is 1. The number of hydrogen-bond acceptors (Lipinski definition) is 3. The van der Waals surface area contributed by atoms with Gasteiger partial charge >= 0.3 is 0 Å². The summed E-state index contributed by atoms with van der Waals surface area (Å²) in [6.07, 6.45) is 1.85. The maximum Gasteiger partial charge on any atom is 0.269 e. The van der Waals surface area contributed by atoms with E-state index in [1.54, 1.807) is 12.1 Å². The summed E-state index contributed by atoms with van der Waals surface area (Å²) in [7, 11) is 0. The zero-order chi connectivity index (χ0) is 18.1. The van der Waals surface area contributed by atoms with Gasteiger partial charge in [0, 0.05) is 31.0 Å². The van der Waals surface area contributed by atoms with Gasteiger partial charge in [-0.05, 0) is 40.2 Å². The Labute approximate surface area is 143 Å². The van der Waals surface area contributed by atoms with Crippen molar-refractivity contribution in [1.29, 1.82) is 0 Å². The predicted octanol–water partition coefficient (Wildman–Crippen LogP) is 2.10. The minimum atomic E-state index is -0.433. The number of nitro benzene ring substituents is 1. The van der Waals surface area contributed by atoms with Crippen molar-refractivity contribution in [2.75, 3.05) is 0 Å². The number of hydrogen-bond donors (Lipinski definition) is 2. The van der Waals surface area contributed by atoms with Gasteiger partial charge in [-0.1, -0.05) is 12.1 Å². The van der Waals surface area contributed by atoms with E-state index in [1.807, 2.05) is 6.92 Å². The van der Waals surface area contributed by atoms with E-state index in [9.17, 15) is 14.9 Å². The first kappa shape index (κ1) is 18.4. The predicted molar refractivity (Wildman–Crippen MR) is 92.8 cm³/mol. The zero-order valence-electron chi connectivity index (χ0n) is 15.1. The van der Waals surface area contributed by atoms with Gasteiger partial charge in [0.05, 0.1) is 21.9 Å². The van der Waals surface area contributed by atoms with Crippen LogP contribution in [-0.2, 0) is 4.79 Å². The summed E-state index contributed by atoms with van der Waals surface area (Å²) < 4.78 is 0. The Morgan fingerprint density at radius 2 is 1.71 bits per heavy atom. The van der Waals surface area contributed by atoms with Crippen LogP contribution in [0.25, 0.3) is 0 Å². The Balaban J connectivity index is 2.04. The van der Waals surface area contributed by atoms with E-state index in [-0.39, 0.29) is 34.6 Å². The average Bonchev–Trinajstić information content (AvgIpc) is 2.43. The summed E-state index contributed by atoms with van der Waals surface area (Å²) in [6.45, 7) is 10.6. The third kappa shape index (κ3) is 4.54. The lowest BCUT2D eigenvalue weighted by Gasteiger charge is -2.43. The van der Waals surface area contributed by atoms with E-state index in [0.29, 0.717) is 0 Å². The molecule has 0 aromatic heterocycles. The maximum absolute atomic E-state index is 12.6. The fourth-order valence-electron chi connectivity index (χ4n) is 3.98. The number of carbonyl (C=O) groups is 1. The molecule has 1 aliphatic rings. The molecule has 1 heterocycles. The zero-order valence-corrected chi connectivity index (χ0v) is 15.1. The number of non-ortho nitro benzene ring substituents is 1. The molecule has 0 aliphatic carbocycles. The monoisotopic (exact) mass is 334 g/mol. The van der Waals surface area contributed by atoms with Crippen LogP contribution in [0.3, 0.4) is 0 Å². The molecule has 0 unspecified atom stereocenters. The Morgan fingerprint density at radius 3 is 2.17 bits per heavy atom. The molecule has 1 aromatic carbocycles. The lowest BCUT2D eigenvalue weighted by molar-refractivity contribution is -0.787. The quantitative estimate of drug-likeness (QED) is 0.653. The van der Waals surface area contributed by atoms with Crippen LogP contribution < -0.4 is 10.6 Å². The van der Waals surface area contributed by atoms with Gasteiger partial charge in [-0.25, -0.2) is 0 Å².